The Bertz CT molecular complexity index is 701. The van der Waals surface area contributed by atoms with Gasteiger partial charge in [-0.2, -0.15) is 5.10 Å². The molecular formula is C13H14N6. The zero-order valence-electron chi connectivity index (χ0n) is 10.5. The lowest BCUT2D eigenvalue weighted by molar-refractivity contribution is 0.893. The molecule has 0 radical (unpaired) electrons. The predicted molar refractivity (Wildman–Crippen MR) is 73.8 cm³/mol. The van der Waals surface area contributed by atoms with Crippen molar-refractivity contribution in [3.05, 3.63) is 42.4 Å². The van der Waals surface area contributed by atoms with E-state index in [2.05, 4.69) is 39.5 Å². The van der Waals surface area contributed by atoms with E-state index in [-0.39, 0.29) is 0 Å². The number of aromatic nitrogens is 4. The monoisotopic (exact) mass is 254 g/mol. The average molecular weight is 254 g/mol. The molecule has 3 rings (SSSR count). The number of nitrogens with one attached hydrogen (secondary N) is 1. The van der Waals surface area contributed by atoms with Gasteiger partial charge in [0.2, 0.25) is 0 Å². The Morgan fingerprint density at radius 1 is 1.21 bits per heavy atom. The van der Waals surface area contributed by atoms with Crippen molar-refractivity contribution in [2.45, 2.75) is 13.3 Å². The lowest BCUT2D eigenvalue weighted by Gasteiger charge is -2.04. The summed E-state index contributed by atoms with van der Waals surface area (Å²) in [4.78, 5) is 8.32. The third-order valence-corrected chi connectivity index (χ3v) is 3.09. The molecule has 0 aliphatic rings. The van der Waals surface area contributed by atoms with Crippen LogP contribution < -0.4 is 11.3 Å². The lowest BCUT2D eigenvalue weighted by Crippen LogP contribution is -2.09. The van der Waals surface area contributed by atoms with Crippen molar-refractivity contribution in [2.75, 3.05) is 5.43 Å². The summed E-state index contributed by atoms with van der Waals surface area (Å²) in [5.41, 5.74) is 5.53. The molecule has 19 heavy (non-hydrogen) atoms. The molecule has 3 aromatic rings. The van der Waals surface area contributed by atoms with E-state index in [0.29, 0.717) is 5.82 Å². The summed E-state index contributed by atoms with van der Waals surface area (Å²) in [6.45, 7) is 2.13. The third-order valence-electron chi connectivity index (χ3n) is 3.09. The summed E-state index contributed by atoms with van der Waals surface area (Å²) >= 11 is 0. The van der Waals surface area contributed by atoms with Crippen LogP contribution in [0.3, 0.4) is 0 Å². The number of nitrogens with two attached hydrogens (primary N) is 1. The summed E-state index contributed by atoms with van der Waals surface area (Å²) in [5.74, 6) is 6.00. The highest BCUT2D eigenvalue weighted by molar-refractivity contribution is 5.86. The van der Waals surface area contributed by atoms with Crippen LogP contribution in [-0.4, -0.2) is 19.7 Å². The molecule has 0 saturated heterocycles. The van der Waals surface area contributed by atoms with Gasteiger partial charge in [0.05, 0.1) is 17.3 Å². The van der Waals surface area contributed by atoms with Crippen LogP contribution in [0.5, 0.6) is 0 Å². The van der Waals surface area contributed by atoms with Gasteiger partial charge in [0.25, 0.3) is 0 Å². The Morgan fingerprint density at radius 2 is 2.00 bits per heavy atom. The first kappa shape index (κ1) is 11.6. The lowest BCUT2D eigenvalue weighted by atomic mass is 10.1. The second-order valence-corrected chi connectivity index (χ2v) is 4.18. The molecular weight excluding hydrogens is 240 g/mol. The molecule has 2 heterocycles. The van der Waals surface area contributed by atoms with E-state index >= 15 is 0 Å². The largest absolute Gasteiger partial charge is 0.308 e. The van der Waals surface area contributed by atoms with Crippen molar-refractivity contribution in [2.24, 2.45) is 5.84 Å². The van der Waals surface area contributed by atoms with E-state index < -0.39 is 0 Å². The molecule has 0 atom stereocenters. The highest BCUT2D eigenvalue weighted by Crippen LogP contribution is 2.20. The number of fused-ring (bicyclic) bond motifs is 1. The smallest absolute Gasteiger partial charge is 0.168 e. The molecule has 0 unspecified atom stereocenters. The van der Waals surface area contributed by atoms with Gasteiger partial charge in [-0.15, -0.1) is 0 Å². The number of aryl methyl sites for hydroxylation is 1. The number of benzene rings is 1. The van der Waals surface area contributed by atoms with Gasteiger partial charge in [-0.3, -0.25) is 0 Å². The molecule has 0 spiro atoms. The first-order valence-corrected chi connectivity index (χ1v) is 6.08. The molecule has 1 aromatic carbocycles. The topological polar surface area (TPSA) is 81.7 Å². The maximum absolute atomic E-state index is 5.42. The van der Waals surface area contributed by atoms with Gasteiger partial charge in [0, 0.05) is 0 Å². The van der Waals surface area contributed by atoms with Crippen molar-refractivity contribution in [3.63, 3.8) is 0 Å². The number of nitrogens with zero attached hydrogens (tertiary/aromatic N) is 4. The molecule has 0 amide bonds. The summed E-state index contributed by atoms with van der Waals surface area (Å²) < 4.78 is 1.78. The summed E-state index contributed by atoms with van der Waals surface area (Å²) in [5, 5.41) is 5.14. The highest BCUT2D eigenvalue weighted by atomic mass is 15.3. The van der Waals surface area contributed by atoms with Crippen LogP contribution in [0.1, 0.15) is 12.5 Å². The maximum atomic E-state index is 5.42. The summed E-state index contributed by atoms with van der Waals surface area (Å²) in [7, 11) is 0. The van der Waals surface area contributed by atoms with Gasteiger partial charge in [0.15, 0.2) is 11.5 Å². The summed E-state index contributed by atoms with van der Waals surface area (Å²) in [6, 6.07) is 8.24. The van der Waals surface area contributed by atoms with Crippen molar-refractivity contribution < 1.29 is 0 Å². The van der Waals surface area contributed by atoms with Crippen LogP contribution in [0.25, 0.3) is 16.7 Å². The maximum Gasteiger partial charge on any atom is 0.168 e. The second kappa shape index (κ2) is 4.66. The van der Waals surface area contributed by atoms with Crippen molar-refractivity contribution >= 4 is 16.9 Å². The molecule has 0 bridgehead atoms. The molecule has 0 aliphatic heterocycles. The fraction of sp³-hybridized carbons (Fsp3) is 0.154. The Balaban J connectivity index is 2.14. The van der Waals surface area contributed by atoms with Crippen molar-refractivity contribution in [3.8, 4) is 5.69 Å². The molecule has 2 aromatic heterocycles. The van der Waals surface area contributed by atoms with Crippen molar-refractivity contribution in [1.82, 2.24) is 19.7 Å². The minimum Gasteiger partial charge on any atom is -0.308 e. The molecule has 6 heteroatoms. The van der Waals surface area contributed by atoms with Crippen LogP contribution in [0.15, 0.2) is 36.8 Å². The molecule has 0 fully saturated rings. The van der Waals surface area contributed by atoms with Gasteiger partial charge in [-0.25, -0.2) is 20.5 Å². The quantitative estimate of drug-likeness (QED) is 0.548. The van der Waals surface area contributed by atoms with Crippen LogP contribution in [0.4, 0.5) is 5.82 Å². The minimum absolute atomic E-state index is 0.571. The number of hydrogen-bond acceptors (Lipinski definition) is 5. The number of hydrogen-bond donors (Lipinski definition) is 2. The first-order chi connectivity index (χ1) is 9.33. The zero-order chi connectivity index (χ0) is 13.2. The van der Waals surface area contributed by atoms with Gasteiger partial charge in [-0.05, 0) is 24.1 Å². The second-order valence-electron chi connectivity index (χ2n) is 4.18. The average Bonchev–Trinajstić information content (AvgIpc) is 2.91. The minimum atomic E-state index is 0.571. The number of hydrazine groups is 1. The Kier molecular flexibility index (Phi) is 2.85. The fourth-order valence-electron chi connectivity index (χ4n) is 2.02. The van der Waals surface area contributed by atoms with Gasteiger partial charge < -0.3 is 5.43 Å². The van der Waals surface area contributed by atoms with Crippen LogP contribution >= 0.6 is 0 Å². The van der Waals surface area contributed by atoms with Gasteiger partial charge >= 0.3 is 0 Å². The fourth-order valence-corrected chi connectivity index (χ4v) is 2.02. The van der Waals surface area contributed by atoms with E-state index in [0.717, 1.165) is 23.1 Å². The first-order valence-electron chi connectivity index (χ1n) is 6.08. The van der Waals surface area contributed by atoms with Crippen molar-refractivity contribution in [1.29, 1.82) is 0 Å². The predicted octanol–water partition coefficient (Wildman–Crippen LogP) is 1.66. The van der Waals surface area contributed by atoms with Gasteiger partial charge in [0.1, 0.15) is 6.33 Å². The SMILES string of the molecule is CCc1ccc(-n2ncc3c(NN)ncnc32)cc1. The van der Waals surface area contributed by atoms with E-state index in [1.165, 1.54) is 11.9 Å². The third kappa shape index (κ3) is 1.92. The van der Waals surface area contributed by atoms with E-state index in [9.17, 15) is 0 Å². The van der Waals surface area contributed by atoms with Crippen LogP contribution in [0.2, 0.25) is 0 Å². The van der Waals surface area contributed by atoms with E-state index in [1.54, 1.807) is 10.9 Å². The molecule has 96 valence electrons. The molecule has 6 nitrogen and oxygen atoms in total. The molecule has 3 N–H and O–H groups in total. The number of rotatable bonds is 3. The van der Waals surface area contributed by atoms with Crippen LogP contribution in [-0.2, 0) is 6.42 Å². The number of anilines is 1. The Labute approximate surface area is 110 Å². The Hall–Kier alpha value is -2.47. The van der Waals surface area contributed by atoms with Crippen LogP contribution in [0, 0.1) is 0 Å². The van der Waals surface area contributed by atoms with E-state index in [4.69, 9.17) is 5.84 Å². The normalized spacial score (nSPS) is 10.8. The van der Waals surface area contributed by atoms with Gasteiger partial charge in [-0.1, -0.05) is 19.1 Å². The standard InChI is InChI=1S/C13H14N6/c1-2-9-3-5-10(6-4-9)19-13-11(7-17-19)12(18-14)15-8-16-13/h3-8H,2,14H2,1H3,(H,15,16,18). The molecule has 0 aliphatic carbocycles. The Morgan fingerprint density at radius 3 is 2.68 bits per heavy atom. The highest BCUT2D eigenvalue weighted by Gasteiger charge is 2.09. The number of nitrogen functional groups attached to an aromatic ring is 1. The van der Waals surface area contributed by atoms with E-state index in [1.807, 2.05) is 12.1 Å². The summed E-state index contributed by atoms with van der Waals surface area (Å²) in [6.07, 6.45) is 4.19. The molecule has 0 saturated carbocycles. The zero-order valence-corrected chi connectivity index (χ0v) is 10.5.